The van der Waals surface area contributed by atoms with Gasteiger partial charge in [0.1, 0.15) is 5.75 Å². The second-order valence-electron chi connectivity index (χ2n) is 7.12. The molecule has 0 saturated carbocycles. The van der Waals surface area contributed by atoms with Gasteiger partial charge >= 0.3 is 0 Å². The largest absolute Gasteiger partial charge is 0.497 e. The maximum absolute atomic E-state index is 13.0. The summed E-state index contributed by atoms with van der Waals surface area (Å²) in [6.07, 6.45) is 0.867. The first-order valence-corrected chi connectivity index (χ1v) is 10.5. The van der Waals surface area contributed by atoms with Crippen LogP contribution >= 0.6 is 11.8 Å². The number of hydrogen-bond acceptors (Lipinski definition) is 5. The Kier molecular flexibility index (Phi) is 6.93. The number of amides is 1. The van der Waals surface area contributed by atoms with Gasteiger partial charge in [-0.05, 0) is 48.7 Å². The Morgan fingerprint density at radius 2 is 1.90 bits per heavy atom. The minimum Gasteiger partial charge on any atom is -0.497 e. The third-order valence-corrected chi connectivity index (χ3v) is 5.44. The van der Waals surface area contributed by atoms with E-state index in [2.05, 4.69) is 24.1 Å². The number of para-hydroxylation sites is 1. The zero-order chi connectivity index (χ0) is 20.8. The van der Waals surface area contributed by atoms with Gasteiger partial charge in [0.25, 0.3) is 5.56 Å². The van der Waals surface area contributed by atoms with Crippen molar-refractivity contribution >= 4 is 34.3 Å². The molecule has 29 heavy (non-hydrogen) atoms. The number of nitrogens with one attached hydrogen (secondary N) is 1. The zero-order valence-corrected chi connectivity index (χ0v) is 17.7. The Balaban J connectivity index is 1.77. The van der Waals surface area contributed by atoms with Crippen molar-refractivity contribution in [1.29, 1.82) is 0 Å². The molecule has 1 N–H and O–H groups in total. The van der Waals surface area contributed by atoms with Crippen molar-refractivity contribution in [3.63, 3.8) is 0 Å². The molecule has 3 rings (SSSR count). The SMILES string of the molecule is COc1ccc(NC(=O)CSc2nc3ccccc3c(=O)n2CCC(C)C)cc1. The summed E-state index contributed by atoms with van der Waals surface area (Å²) in [6, 6.07) is 14.5. The molecule has 1 heterocycles. The Morgan fingerprint density at radius 3 is 2.59 bits per heavy atom. The molecule has 0 aliphatic heterocycles. The van der Waals surface area contributed by atoms with Crippen molar-refractivity contribution in [3.8, 4) is 5.75 Å². The number of aromatic nitrogens is 2. The van der Waals surface area contributed by atoms with Crippen LogP contribution in [0.1, 0.15) is 20.3 Å². The summed E-state index contributed by atoms with van der Waals surface area (Å²) in [6.45, 7) is 4.82. The molecule has 152 valence electrons. The number of rotatable bonds is 8. The first kappa shape index (κ1) is 20.9. The second-order valence-corrected chi connectivity index (χ2v) is 8.06. The van der Waals surface area contributed by atoms with Crippen LogP contribution in [0.15, 0.2) is 58.5 Å². The van der Waals surface area contributed by atoms with Gasteiger partial charge in [-0.1, -0.05) is 37.7 Å². The van der Waals surface area contributed by atoms with E-state index in [0.717, 1.165) is 12.2 Å². The number of ether oxygens (including phenoxy) is 1. The summed E-state index contributed by atoms with van der Waals surface area (Å²) in [5.74, 6) is 1.20. The number of methoxy groups -OCH3 is 1. The molecular weight excluding hydrogens is 386 g/mol. The number of carbonyl (C=O) groups excluding carboxylic acids is 1. The lowest BCUT2D eigenvalue weighted by atomic mass is 10.1. The molecule has 1 amide bonds. The lowest BCUT2D eigenvalue weighted by Crippen LogP contribution is -2.25. The van der Waals surface area contributed by atoms with E-state index in [1.54, 1.807) is 42.0 Å². The molecule has 2 aromatic carbocycles. The highest BCUT2D eigenvalue weighted by molar-refractivity contribution is 7.99. The summed E-state index contributed by atoms with van der Waals surface area (Å²) < 4.78 is 6.81. The van der Waals surface area contributed by atoms with E-state index in [1.165, 1.54) is 11.8 Å². The van der Waals surface area contributed by atoms with Gasteiger partial charge in [0.2, 0.25) is 5.91 Å². The molecule has 0 unspecified atom stereocenters. The third-order valence-electron chi connectivity index (χ3n) is 4.46. The highest BCUT2D eigenvalue weighted by Crippen LogP contribution is 2.20. The maximum atomic E-state index is 13.0. The number of nitrogens with zero attached hydrogens (tertiary/aromatic N) is 2. The van der Waals surface area contributed by atoms with Gasteiger partial charge < -0.3 is 10.1 Å². The number of hydrogen-bond donors (Lipinski definition) is 1. The maximum Gasteiger partial charge on any atom is 0.262 e. The normalized spacial score (nSPS) is 11.0. The van der Waals surface area contributed by atoms with Crippen LogP contribution in [0, 0.1) is 5.92 Å². The van der Waals surface area contributed by atoms with Crippen molar-refractivity contribution in [2.45, 2.75) is 32.0 Å². The monoisotopic (exact) mass is 411 g/mol. The molecule has 0 radical (unpaired) electrons. The van der Waals surface area contributed by atoms with E-state index in [-0.39, 0.29) is 17.2 Å². The van der Waals surface area contributed by atoms with Gasteiger partial charge in [-0.25, -0.2) is 4.98 Å². The fraction of sp³-hybridized carbons (Fsp3) is 0.318. The number of benzene rings is 2. The number of anilines is 1. The smallest absolute Gasteiger partial charge is 0.262 e. The first-order chi connectivity index (χ1) is 14.0. The summed E-state index contributed by atoms with van der Waals surface area (Å²) in [4.78, 5) is 30.0. The molecule has 0 fully saturated rings. The van der Waals surface area contributed by atoms with E-state index in [9.17, 15) is 9.59 Å². The van der Waals surface area contributed by atoms with Crippen LogP contribution in [0.3, 0.4) is 0 Å². The van der Waals surface area contributed by atoms with Crippen LogP contribution in [-0.2, 0) is 11.3 Å². The molecule has 3 aromatic rings. The van der Waals surface area contributed by atoms with Crippen LogP contribution < -0.4 is 15.6 Å². The van der Waals surface area contributed by atoms with Crippen LogP contribution in [-0.4, -0.2) is 28.3 Å². The predicted octanol–water partition coefficient (Wildman–Crippen LogP) is 4.18. The fourth-order valence-electron chi connectivity index (χ4n) is 2.84. The Labute approximate surface area is 174 Å². The Hall–Kier alpha value is -2.80. The Morgan fingerprint density at radius 1 is 1.17 bits per heavy atom. The summed E-state index contributed by atoms with van der Waals surface area (Å²) in [5, 5.41) is 4.02. The lowest BCUT2D eigenvalue weighted by molar-refractivity contribution is -0.113. The molecule has 0 spiro atoms. The fourth-order valence-corrected chi connectivity index (χ4v) is 3.67. The zero-order valence-electron chi connectivity index (χ0n) is 16.8. The summed E-state index contributed by atoms with van der Waals surface area (Å²) in [7, 11) is 1.60. The van der Waals surface area contributed by atoms with Gasteiger partial charge in [-0.15, -0.1) is 0 Å². The van der Waals surface area contributed by atoms with Crippen LogP contribution in [0.5, 0.6) is 5.75 Å². The van der Waals surface area contributed by atoms with E-state index < -0.39 is 0 Å². The van der Waals surface area contributed by atoms with Gasteiger partial charge in [-0.3, -0.25) is 14.2 Å². The second kappa shape index (κ2) is 9.60. The van der Waals surface area contributed by atoms with E-state index >= 15 is 0 Å². The van der Waals surface area contributed by atoms with E-state index in [0.29, 0.717) is 34.2 Å². The molecule has 6 nitrogen and oxygen atoms in total. The number of thioether (sulfide) groups is 1. The molecule has 0 saturated heterocycles. The molecule has 0 aliphatic rings. The average molecular weight is 412 g/mol. The number of fused-ring (bicyclic) bond motifs is 1. The van der Waals surface area contributed by atoms with Crippen LogP contribution in [0.4, 0.5) is 5.69 Å². The van der Waals surface area contributed by atoms with Crippen LogP contribution in [0.25, 0.3) is 10.9 Å². The van der Waals surface area contributed by atoms with E-state index in [1.807, 2.05) is 18.2 Å². The molecular formula is C22H25N3O3S. The summed E-state index contributed by atoms with van der Waals surface area (Å²) in [5.41, 5.74) is 1.28. The average Bonchev–Trinajstić information content (AvgIpc) is 2.72. The van der Waals surface area contributed by atoms with Crippen molar-refractivity contribution in [2.75, 3.05) is 18.2 Å². The van der Waals surface area contributed by atoms with Crippen molar-refractivity contribution in [1.82, 2.24) is 9.55 Å². The standard InChI is InChI=1S/C22H25N3O3S/c1-15(2)12-13-25-21(27)18-6-4-5-7-19(18)24-22(25)29-14-20(26)23-16-8-10-17(28-3)11-9-16/h4-11,15H,12-14H2,1-3H3,(H,23,26). The van der Waals surface area contributed by atoms with Gasteiger partial charge in [0.05, 0.1) is 23.8 Å². The topological polar surface area (TPSA) is 73.2 Å². The van der Waals surface area contributed by atoms with Gasteiger partial charge in [0, 0.05) is 12.2 Å². The molecule has 7 heteroatoms. The third kappa shape index (κ3) is 5.38. The molecule has 0 atom stereocenters. The van der Waals surface area contributed by atoms with Gasteiger partial charge in [-0.2, -0.15) is 0 Å². The van der Waals surface area contributed by atoms with Crippen molar-refractivity contribution in [3.05, 3.63) is 58.9 Å². The van der Waals surface area contributed by atoms with Gasteiger partial charge in [0.15, 0.2) is 5.16 Å². The summed E-state index contributed by atoms with van der Waals surface area (Å²) >= 11 is 1.28. The van der Waals surface area contributed by atoms with Crippen LogP contribution in [0.2, 0.25) is 0 Å². The minimum absolute atomic E-state index is 0.0608. The quantitative estimate of drug-likeness (QED) is 0.445. The highest BCUT2D eigenvalue weighted by atomic mass is 32.2. The minimum atomic E-state index is -0.155. The van der Waals surface area contributed by atoms with Crippen molar-refractivity contribution < 1.29 is 9.53 Å². The highest BCUT2D eigenvalue weighted by Gasteiger charge is 2.14. The lowest BCUT2D eigenvalue weighted by Gasteiger charge is -2.14. The molecule has 0 aliphatic carbocycles. The predicted molar refractivity (Wildman–Crippen MR) is 118 cm³/mol. The first-order valence-electron chi connectivity index (χ1n) is 9.54. The molecule has 0 bridgehead atoms. The van der Waals surface area contributed by atoms with Crippen molar-refractivity contribution in [2.24, 2.45) is 5.92 Å². The Bertz CT molecular complexity index is 1050. The number of carbonyl (C=O) groups is 1. The molecule has 1 aromatic heterocycles. The van der Waals surface area contributed by atoms with E-state index in [4.69, 9.17) is 4.74 Å².